The Bertz CT molecular complexity index is 427. The number of carbonyl (C=O) groups is 1. The van der Waals surface area contributed by atoms with Gasteiger partial charge in [0.15, 0.2) is 0 Å². The van der Waals surface area contributed by atoms with Crippen molar-refractivity contribution < 1.29 is 15.0 Å². The number of aliphatic hydroxyl groups is 1. The van der Waals surface area contributed by atoms with Crippen molar-refractivity contribution in [2.75, 3.05) is 6.54 Å². The SMILES string of the molecule is Cc1cc(C(=O)NCC(O)C2CC2)ccc1O. The van der Waals surface area contributed by atoms with Gasteiger partial charge in [0.05, 0.1) is 6.10 Å². The fraction of sp³-hybridized carbons (Fsp3) is 0.462. The van der Waals surface area contributed by atoms with E-state index in [1.807, 2.05) is 0 Å². The van der Waals surface area contributed by atoms with Crippen LogP contribution in [0.2, 0.25) is 0 Å². The summed E-state index contributed by atoms with van der Waals surface area (Å²) in [4.78, 5) is 11.8. The number of hydrogen-bond acceptors (Lipinski definition) is 3. The molecule has 1 saturated carbocycles. The fourth-order valence-electron chi connectivity index (χ4n) is 1.74. The maximum Gasteiger partial charge on any atom is 0.251 e. The standard InChI is InChI=1S/C13H17NO3/c1-8-6-10(4-5-11(8)15)13(17)14-7-12(16)9-2-3-9/h4-6,9,12,15-16H,2-3,7H2,1H3,(H,14,17). The van der Waals surface area contributed by atoms with Crippen LogP contribution in [-0.4, -0.2) is 28.8 Å². The van der Waals surface area contributed by atoms with Gasteiger partial charge in [-0.1, -0.05) is 0 Å². The zero-order valence-corrected chi connectivity index (χ0v) is 9.81. The Morgan fingerprint density at radius 1 is 1.53 bits per heavy atom. The van der Waals surface area contributed by atoms with Gasteiger partial charge in [-0.15, -0.1) is 0 Å². The van der Waals surface area contributed by atoms with E-state index in [9.17, 15) is 15.0 Å². The summed E-state index contributed by atoms with van der Waals surface area (Å²) in [5.41, 5.74) is 1.17. The molecular formula is C13H17NO3. The largest absolute Gasteiger partial charge is 0.508 e. The molecule has 1 aliphatic carbocycles. The Kier molecular flexibility index (Phi) is 3.33. The van der Waals surface area contributed by atoms with Crippen LogP contribution in [0.5, 0.6) is 5.75 Å². The molecule has 0 radical (unpaired) electrons. The Morgan fingerprint density at radius 3 is 2.82 bits per heavy atom. The van der Waals surface area contributed by atoms with Gasteiger partial charge in [0.1, 0.15) is 5.75 Å². The Labute approximate surface area is 100 Å². The number of carbonyl (C=O) groups excluding carboxylic acids is 1. The van der Waals surface area contributed by atoms with Crippen molar-refractivity contribution >= 4 is 5.91 Å². The van der Waals surface area contributed by atoms with Gasteiger partial charge < -0.3 is 15.5 Å². The molecule has 1 aromatic carbocycles. The van der Waals surface area contributed by atoms with Crippen molar-refractivity contribution in [2.24, 2.45) is 5.92 Å². The van der Waals surface area contributed by atoms with Gasteiger partial charge >= 0.3 is 0 Å². The molecule has 92 valence electrons. The first-order valence-corrected chi connectivity index (χ1v) is 5.84. The van der Waals surface area contributed by atoms with Crippen LogP contribution in [0.15, 0.2) is 18.2 Å². The molecular weight excluding hydrogens is 218 g/mol. The minimum absolute atomic E-state index is 0.180. The first-order valence-electron chi connectivity index (χ1n) is 5.84. The number of aromatic hydroxyl groups is 1. The maximum atomic E-state index is 11.8. The molecule has 3 N–H and O–H groups in total. The van der Waals surface area contributed by atoms with Gasteiger partial charge in [-0.2, -0.15) is 0 Å². The van der Waals surface area contributed by atoms with Crippen LogP contribution in [-0.2, 0) is 0 Å². The average molecular weight is 235 g/mol. The van der Waals surface area contributed by atoms with Crippen LogP contribution >= 0.6 is 0 Å². The molecule has 0 spiro atoms. The minimum Gasteiger partial charge on any atom is -0.508 e. The Balaban J connectivity index is 1.92. The summed E-state index contributed by atoms with van der Waals surface area (Å²) in [6.07, 6.45) is 1.67. The van der Waals surface area contributed by atoms with E-state index in [1.165, 1.54) is 6.07 Å². The van der Waals surface area contributed by atoms with E-state index in [1.54, 1.807) is 19.1 Å². The fourth-order valence-corrected chi connectivity index (χ4v) is 1.74. The van der Waals surface area contributed by atoms with Crippen molar-refractivity contribution in [1.29, 1.82) is 0 Å². The van der Waals surface area contributed by atoms with Crippen molar-refractivity contribution in [1.82, 2.24) is 5.32 Å². The highest BCUT2D eigenvalue weighted by atomic mass is 16.3. The van der Waals surface area contributed by atoms with Crippen LogP contribution in [0, 0.1) is 12.8 Å². The highest BCUT2D eigenvalue weighted by Gasteiger charge is 2.29. The average Bonchev–Trinajstić information content (AvgIpc) is 3.13. The molecule has 4 nitrogen and oxygen atoms in total. The van der Waals surface area contributed by atoms with Crippen molar-refractivity contribution in [2.45, 2.75) is 25.9 Å². The third-order valence-corrected chi connectivity index (χ3v) is 3.10. The molecule has 17 heavy (non-hydrogen) atoms. The molecule has 1 aliphatic rings. The second-order valence-electron chi connectivity index (χ2n) is 4.62. The van der Waals surface area contributed by atoms with Crippen molar-refractivity contribution in [3.8, 4) is 5.75 Å². The topological polar surface area (TPSA) is 69.6 Å². The lowest BCUT2D eigenvalue weighted by atomic mass is 10.1. The Hall–Kier alpha value is -1.55. The number of aliphatic hydroxyl groups excluding tert-OH is 1. The molecule has 2 rings (SSSR count). The normalized spacial score (nSPS) is 16.6. The lowest BCUT2D eigenvalue weighted by Crippen LogP contribution is -2.33. The number of aryl methyl sites for hydroxylation is 1. The number of amides is 1. The second kappa shape index (κ2) is 4.75. The smallest absolute Gasteiger partial charge is 0.251 e. The van der Waals surface area contributed by atoms with Crippen LogP contribution in [0.25, 0.3) is 0 Å². The van der Waals surface area contributed by atoms with Crippen LogP contribution in [0.1, 0.15) is 28.8 Å². The summed E-state index contributed by atoms with van der Waals surface area (Å²) < 4.78 is 0. The van der Waals surface area contributed by atoms with Gasteiger partial charge in [0.25, 0.3) is 5.91 Å². The number of nitrogens with one attached hydrogen (secondary N) is 1. The van der Waals surface area contributed by atoms with Gasteiger partial charge in [-0.05, 0) is 49.4 Å². The molecule has 4 heteroatoms. The quantitative estimate of drug-likeness (QED) is 0.734. The number of hydrogen-bond donors (Lipinski definition) is 3. The zero-order chi connectivity index (χ0) is 12.4. The third kappa shape index (κ3) is 2.97. The lowest BCUT2D eigenvalue weighted by molar-refractivity contribution is 0.0901. The number of rotatable bonds is 4. The predicted octanol–water partition coefficient (Wildman–Crippen LogP) is 1.20. The van der Waals surface area contributed by atoms with Gasteiger partial charge in [-0.3, -0.25) is 4.79 Å². The second-order valence-corrected chi connectivity index (χ2v) is 4.62. The van der Waals surface area contributed by atoms with E-state index in [0.29, 0.717) is 23.6 Å². The molecule has 1 fully saturated rings. The van der Waals surface area contributed by atoms with E-state index >= 15 is 0 Å². The summed E-state index contributed by atoms with van der Waals surface area (Å²) in [7, 11) is 0. The number of benzene rings is 1. The van der Waals surface area contributed by atoms with Crippen LogP contribution in [0.4, 0.5) is 0 Å². The summed E-state index contributed by atoms with van der Waals surface area (Å²) in [5.74, 6) is 0.323. The van der Waals surface area contributed by atoms with Crippen molar-refractivity contribution in [3.63, 3.8) is 0 Å². The first kappa shape index (κ1) is 11.9. The van der Waals surface area contributed by atoms with E-state index in [-0.39, 0.29) is 11.7 Å². The van der Waals surface area contributed by atoms with Gasteiger partial charge in [0, 0.05) is 12.1 Å². The first-order chi connectivity index (χ1) is 8.08. The van der Waals surface area contributed by atoms with Gasteiger partial charge in [-0.25, -0.2) is 0 Å². The van der Waals surface area contributed by atoms with Crippen molar-refractivity contribution in [3.05, 3.63) is 29.3 Å². The number of phenolic OH excluding ortho intramolecular Hbond substituents is 1. The summed E-state index contributed by atoms with van der Waals surface area (Å²) in [5, 5.41) is 21.7. The monoisotopic (exact) mass is 235 g/mol. The molecule has 0 saturated heterocycles. The molecule has 1 amide bonds. The zero-order valence-electron chi connectivity index (χ0n) is 9.81. The molecule has 0 aliphatic heterocycles. The van der Waals surface area contributed by atoms with Crippen LogP contribution < -0.4 is 5.32 Å². The van der Waals surface area contributed by atoms with E-state index in [4.69, 9.17) is 0 Å². The highest BCUT2D eigenvalue weighted by molar-refractivity contribution is 5.94. The predicted molar refractivity (Wildman–Crippen MR) is 63.9 cm³/mol. The molecule has 1 atom stereocenters. The Morgan fingerprint density at radius 2 is 2.24 bits per heavy atom. The molecule has 0 bridgehead atoms. The van der Waals surface area contributed by atoms with E-state index < -0.39 is 6.10 Å². The summed E-state index contributed by atoms with van der Waals surface area (Å²) in [6, 6.07) is 4.71. The summed E-state index contributed by atoms with van der Waals surface area (Å²) in [6.45, 7) is 2.04. The van der Waals surface area contributed by atoms with E-state index in [0.717, 1.165) is 12.8 Å². The third-order valence-electron chi connectivity index (χ3n) is 3.10. The van der Waals surface area contributed by atoms with E-state index in [2.05, 4.69) is 5.32 Å². The van der Waals surface area contributed by atoms with Gasteiger partial charge in [0.2, 0.25) is 0 Å². The molecule has 0 aromatic heterocycles. The van der Waals surface area contributed by atoms with Crippen LogP contribution in [0.3, 0.4) is 0 Å². The molecule has 1 unspecified atom stereocenters. The molecule has 0 heterocycles. The maximum absolute atomic E-state index is 11.8. The molecule has 1 aromatic rings. The number of phenols is 1. The summed E-state index contributed by atoms with van der Waals surface area (Å²) >= 11 is 0. The highest BCUT2D eigenvalue weighted by Crippen LogP contribution is 2.32. The minimum atomic E-state index is -0.433. The lowest BCUT2D eigenvalue weighted by Gasteiger charge is -2.11.